The van der Waals surface area contributed by atoms with E-state index in [2.05, 4.69) is 4.98 Å². The normalized spacial score (nSPS) is 12.6. The molecule has 3 nitrogen and oxygen atoms in total. The Labute approximate surface area is 137 Å². The number of aliphatic hydroxyl groups is 1. The summed E-state index contributed by atoms with van der Waals surface area (Å²) in [5.41, 5.74) is 1.30. The first-order valence-electron chi connectivity index (χ1n) is 6.02. The van der Waals surface area contributed by atoms with E-state index in [1.807, 2.05) is 0 Å². The summed E-state index contributed by atoms with van der Waals surface area (Å²) in [6.45, 7) is 0. The summed E-state index contributed by atoms with van der Waals surface area (Å²) >= 11 is 17.7. The summed E-state index contributed by atoms with van der Waals surface area (Å²) in [5, 5.41) is 11.6. The van der Waals surface area contributed by atoms with Crippen LogP contribution in [-0.4, -0.2) is 17.2 Å². The average Bonchev–Trinajstić information content (AvgIpc) is 2.48. The van der Waals surface area contributed by atoms with Gasteiger partial charge >= 0.3 is 0 Å². The number of nitrogens with zero attached hydrogens (tertiary/aromatic N) is 1. The van der Waals surface area contributed by atoms with Crippen LogP contribution in [0.5, 0.6) is 5.88 Å². The van der Waals surface area contributed by atoms with Crippen molar-refractivity contribution < 1.29 is 9.84 Å². The van der Waals surface area contributed by atoms with Crippen molar-refractivity contribution in [1.29, 1.82) is 0 Å². The molecule has 2 rings (SSSR count). The van der Waals surface area contributed by atoms with Crippen LogP contribution in [0.4, 0.5) is 0 Å². The van der Waals surface area contributed by atoms with Crippen LogP contribution in [0, 0.1) is 0 Å². The molecule has 1 aromatic carbocycles. The Balaban J connectivity index is 2.24. The Kier molecular flexibility index (Phi) is 5.48. The van der Waals surface area contributed by atoms with Gasteiger partial charge in [0.25, 0.3) is 0 Å². The Bertz CT molecular complexity index is 674. The van der Waals surface area contributed by atoms with Crippen LogP contribution in [0.15, 0.2) is 36.5 Å². The van der Waals surface area contributed by atoms with E-state index in [1.54, 1.807) is 36.4 Å². The molecular weight excluding hydrogens is 333 g/mol. The van der Waals surface area contributed by atoms with E-state index in [-0.39, 0.29) is 0 Å². The molecule has 0 radical (unpaired) electrons. The lowest BCUT2D eigenvalue weighted by Crippen LogP contribution is -1.99. The summed E-state index contributed by atoms with van der Waals surface area (Å²) in [6, 6.07) is 6.81. The molecule has 0 aliphatic carbocycles. The Hall–Kier alpha value is -1.26. The van der Waals surface area contributed by atoms with Gasteiger partial charge in [0, 0.05) is 11.8 Å². The number of hydrogen-bond donors (Lipinski definition) is 1. The molecule has 0 aliphatic heterocycles. The number of methoxy groups -OCH3 is 1. The van der Waals surface area contributed by atoms with Crippen molar-refractivity contribution in [2.75, 3.05) is 7.11 Å². The molecular formula is C15H12Cl3NO2. The zero-order valence-corrected chi connectivity index (χ0v) is 13.3. The third kappa shape index (κ3) is 4.11. The molecule has 110 valence electrons. The van der Waals surface area contributed by atoms with E-state index >= 15 is 0 Å². The zero-order valence-electron chi connectivity index (χ0n) is 11.1. The minimum atomic E-state index is -0.902. The van der Waals surface area contributed by atoms with Gasteiger partial charge in [0.15, 0.2) is 0 Å². The smallest absolute Gasteiger partial charge is 0.219 e. The second-order valence-corrected chi connectivity index (χ2v) is 5.48. The summed E-state index contributed by atoms with van der Waals surface area (Å²) < 4.78 is 5.11. The maximum Gasteiger partial charge on any atom is 0.219 e. The van der Waals surface area contributed by atoms with Crippen molar-refractivity contribution in [1.82, 2.24) is 4.98 Å². The highest BCUT2D eigenvalue weighted by molar-refractivity contribution is 6.42. The highest BCUT2D eigenvalue weighted by Gasteiger charge is 2.12. The van der Waals surface area contributed by atoms with E-state index < -0.39 is 6.10 Å². The fourth-order valence-corrected chi connectivity index (χ4v) is 2.22. The minimum absolute atomic E-state index is 0.325. The summed E-state index contributed by atoms with van der Waals surface area (Å²) in [4.78, 5) is 4.01. The van der Waals surface area contributed by atoms with Gasteiger partial charge in [-0.15, -0.1) is 0 Å². The van der Waals surface area contributed by atoms with Gasteiger partial charge in [0.2, 0.25) is 5.88 Å². The molecule has 0 aliphatic rings. The van der Waals surface area contributed by atoms with Gasteiger partial charge in [-0.05, 0) is 23.8 Å². The van der Waals surface area contributed by atoms with Crippen molar-refractivity contribution in [3.63, 3.8) is 0 Å². The quantitative estimate of drug-likeness (QED) is 0.866. The lowest BCUT2D eigenvalue weighted by molar-refractivity contribution is 0.222. The molecule has 1 aromatic heterocycles. The van der Waals surface area contributed by atoms with Crippen LogP contribution in [0.2, 0.25) is 15.1 Å². The van der Waals surface area contributed by atoms with Gasteiger partial charge in [-0.2, -0.15) is 0 Å². The fraction of sp³-hybridized carbons (Fsp3) is 0.133. The first-order valence-corrected chi connectivity index (χ1v) is 7.15. The highest BCUT2D eigenvalue weighted by Crippen LogP contribution is 2.28. The van der Waals surface area contributed by atoms with Crippen molar-refractivity contribution in [2.45, 2.75) is 6.10 Å². The molecule has 6 heteroatoms. The second kappa shape index (κ2) is 7.14. The van der Waals surface area contributed by atoms with Gasteiger partial charge in [-0.3, -0.25) is 0 Å². The van der Waals surface area contributed by atoms with Gasteiger partial charge in [0.05, 0.1) is 22.2 Å². The number of pyridine rings is 1. The summed E-state index contributed by atoms with van der Waals surface area (Å²) in [5.74, 6) is 0.325. The predicted octanol–water partition coefficient (Wildman–Crippen LogP) is 4.80. The topological polar surface area (TPSA) is 42.4 Å². The van der Waals surface area contributed by atoms with Crippen molar-refractivity contribution in [2.24, 2.45) is 0 Å². The van der Waals surface area contributed by atoms with E-state index in [1.165, 1.54) is 13.3 Å². The van der Waals surface area contributed by atoms with Crippen LogP contribution in [0.3, 0.4) is 0 Å². The Morgan fingerprint density at radius 2 is 1.95 bits per heavy atom. The molecule has 0 saturated heterocycles. The first-order chi connectivity index (χ1) is 10.0. The van der Waals surface area contributed by atoms with Gasteiger partial charge in [0.1, 0.15) is 6.10 Å². The van der Waals surface area contributed by atoms with Crippen molar-refractivity contribution in [3.8, 4) is 5.88 Å². The largest absolute Gasteiger partial charge is 0.481 e. The number of halogens is 3. The Morgan fingerprint density at radius 1 is 1.19 bits per heavy atom. The lowest BCUT2D eigenvalue weighted by Gasteiger charge is -2.10. The van der Waals surface area contributed by atoms with Crippen LogP contribution >= 0.6 is 34.8 Å². The van der Waals surface area contributed by atoms with Gasteiger partial charge in [-0.25, -0.2) is 4.98 Å². The van der Waals surface area contributed by atoms with Gasteiger partial charge in [-0.1, -0.05) is 53.0 Å². The van der Waals surface area contributed by atoms with E-state index in [0.29, 0.717) is 26.5 Å². The highest BCUT2D eigenvalue weighted by atomic mass is 35.5. The molecule has 0 bridgehead atoms. The Morgan fingerprint density at radius 3 is 2.62 bits per heavy atom. The van der Waals surface area contributed by atoms with Crippen LogP contribution < -0.4 is 4.74 Å². The summed E-state index contributed by atoms with van der Waals surface area (Å²) in [6.07, 6.45) is 3.88. The molecule has 0 saturated carbocycles. The van der Waals surface area contributed by atoms with E-state index in [9.17, 15) is 5.11 Å². The number of aliphatic hydroxyl groups excluding tert-OH is 1. The standard InChI is InChI=1S/C15H12Cl3NO2/c1-21-15-11(7-10(16)8-19-15)14(20)5-3-9-2-4-12(17)13(18)6-9/h2-8,14,20H,1H3. The number of ether oxygens (including phenoxy) is 1. The molecule has 2 aromatic rings. The van der Waals surface area contributed by atoms with Gasteiger partial charge < -0.3 is 9.84 Å². The third-order valence-electron chi connectivity index (χ3n) is 2.77. The molecule has 0 fully saturated rings. The summed E-state index contributed by atoms with van der Waals surface area (Å²) in [7, 11) is 1.48. The molecule has 1 unspecified atom stereocenters. The molecule has 1 heterocycles. The predicted molar refractivity (Wildman–Crippen MR) is 86.3 cm³/mol. The molecule has 0 amide bonds. The van der Waals surface area contributed by atoms with E-state index in [4.69, 9.17) is 39.5 Å². The first kappa shape index (κ1) is 16.1. The lowest BCUT2D eigenvalue weighted by atomic mass is 10.1. The minimum Gasteiger partial charge on any atom is -0.481 e. The van der Waals surface area contributed by atoms with Crippen LogP contribution in [-0.2, 0) is 0 Å². The second-order valence-electron chi connectivity index (χ2n) is 4.23. The molecule has 21 heavy (non-hydrogen) atoms. The maximum atomic E-state index is 10.2. The molecule has 0 spiro atoms. The maximum absolute atomic E-state index is 10.2. The number of aromatic nitrogens is 1. The van der Waals surface area contributed by atoms with E-state index in [0.717, 1.165) is 5.56 Å². The monoisotopic (exact) mass is 343 g/mol. The number of benzene rings is 1. The third-order valence-corrected chi connectivity index (χ3v) is 3.72. The SMILES string of the molecule is COc1ncc(Cl)cc1C(O)C=Cc1ccc(Cl)c(Cl)c1. The van der Waals surface area contributed by atoms with Crippen LogP contribution in [0.1, 0.15) is 17.2 Å². The van der Waals surface area contributed by atoms with Crippen molar-refractivity contribution >= 4 is 40.9 Å². The molecule has 1 atom stereocenters. The molecule has 1 N–H and O–H groups in total. The van der Waals surface area contributed by atoms with Crippen molar-refractivity contribution in [3.05, 3.63) is 62.7 Å². The number of hydrogen-bond acceptors (Lipinski definition) is 3. The number of rotatable bonds is 4. The average molecular weight is 345 g/mol. The van der Waals surface area contributed by atoms with Crippen LogP contribution in [0.25, 0.3) is 6.08 Å². The fourth-order valence-electron chi connectivity index (χ4n) is 1.75. The zero-order chi connectivity index (χ0) is 15.4.